The number of carbonyl (C=O) groups excluding carboxylic acids is 1. The number of carboxylic acids is 1. The zero-order chi connectivity index (χ0) is 15.1. The average molecular weight is 289 g/mol. The molecule has 0 aliphatic rings. The van der Waals surface area contributed by atoms with E-state index in [-0.39, 0.29) is 17.2 Å². The minimum absolute atomic E-state index is 0.162. The van der Waals surface area contributed by atoms with Crippen molar-refractivity contribution in [2.24, 2.45) is 11.3 Å². The number of aliphatic carboxylic acids is 1. The van der Waals surface area contributed by atoms with Gasteiger partial charge in [0.05, 0.1) is 0 Å². The molecule has 0 bridgehead atoms. The molecule has 0 spiro atoms. The van der Waals surface area contributed by atoms with Crippen LogP contribution in [0.3, 0.4) is 0 Å². The largest absolute Gasteiger partial charge is 0.480 e. The molecule has 0 rings (SSSR count). The monoisotopic (exact) mass is 289 g/mol. The number of hydrogen-bond donors (Lipinski definition) is 2. The van der Waals surface area contributed by atoms with E-state index in [0.717, 1.165) is 12.2 Å². The average Bonchev–Trinajstić information content (AvgIpc) is 2.20. The van der Waals surface area contributed by atoms with Crippen LogP contribution in [0.2, 0.25) is 0 Å². The van der Waals surface area contributed by atoms with Crippen LogP contribution in [-0.2, 0) is 9.59 Å². The van der Waals surface area contributed by atoms with Gasteiger partial charge in [-0.15, -0.1) is 0 Å². The van der Waals surface area contributed by atoms with Gasteiger partial charge in [0.2, 0.25) is 5.91 Å². The molecule has 5 heteroatoms. The van der Waals surface area contributed by atoms with E-state index in [0.29, 0.717) is 12.8 Å². The molecular weight excluding hydrogens is 262 g/mol. The van der Waals surface area contributed by atoms with Crippen molar-refractivity contribution in [3.05, 3.63) is 0 Å². The third-order valence-corrected chi connectivity index (χ3v) is 3.38. The Hall–Kier alpha value is -0.710. The van der Waals surface area contributed by atoms with Crippen molar-refractivity contribution in [1.29, 1.82) is 0 Å². The maximum absolute atomic E-state index is 11.8. The second-order valence-corrected chi connectivity index (χ2v) is 7.30. The lowest BCUT2D eigenvalue weighted by atomic mass is 9.84. The van der Waals surface area contributed by atoms with Crippen LogP contribution in [0.5, 0.6) is 0 Å². The Labute approximate surface area is 120 Å². The molecule has 19 heavy (non-hydrogen) atoms. The molecule has 0 heterocycles. The zero-order valence-electron chi connectivity index (χ0n) is 12.7. The molecular formula is C14H27NO3S. The summed E-state index contributed by atoms with van der Waals surface area (Å²) in [5.41, 5.74) is 0.185. The first-order chi connectivity index (χ1) is 8.65. The number of thioether (sulfide) groups is 1. The minimum Gasteiger partial charge on any atom is -0.480 e. The molecule has 0 saturated carbocycles. The highest BCUT2D eigenvalue weighted by atomic mass is 32.2. The second-order valence-electron chi connectivity index (χ2n) is 6.31. The first-order valence-electron chi connectivity index (χ1n) is 6.67. The molecule has 1 unspecified atom stereocenters. The van der Waals surface area contributed by atoms with Crippen molar-refractivity contribution >= 4 is 23.6 Å². The fourth-order valence-corrected chi connectivity index (χ4v) is 2.65. The van der Waals surface area contributed by atoms with Crippen LogP contribution in [0.15, 0.2) is 0 Å². The number of carboxylic acid groups (broad SMARTS) is 1. The Morgan fingerprint density at radius 1 is 1.32 bits per heavy atom. The van der Waals surface area contributed by atoms with Gasteiger partial charge in [0.15, 0.2) is 0 Å². The van der Waals surface area contributed by atoms with Crippen LogP contribution in [0.4, 0.5) is 0 Å². The molecule has 0 fully saturated rings. The molecule has 0 aliphatic carbocycles. The molecule has 0 radical (unpaired) electrons. The first kappa shape index (κ1) is 18.3. The molecule has 0 saturated heterocycles. The molecule has 0 aromatic rings. The molecule has 1 amide bonds. The molecule has 112 valence electrons. The second kappa shape index (κ2) is 8.46. The normalized spacial score (nSPS) is 14.8. The van der Waals surface area contributed by atoms with Crippen LogP contribution in [0, 0.1) is 11.3 Å². The van der Waals surface area contributed by atoms with Gasteiger partial charge in [-0.05, 0) is 36.2 Å². The lowest BCUT2D eigenvalue weighted by Crippen LogP contribution is -2.41. The van der Waals surface area contributed by atoms with E-state index in [4.69, 9.17) is 5.11 Å². The van der Waals surface area contributed by atoms with Gasteiger partial charge in [-0.1, -0.05) is 27.7 Å². The van der Waals surface area contributed by atoms with Gasteiger partial charge in [0.1, 0.15) is 6.04 Å². The number of carbonyl (C=O) groups is 2. The molecule has 2 N–H and O–H groups in total. The summed E-state index contributed by atoms with van der Waals surface area (Å²) in [5, 5.41) is 11.7. The Morgan fingerprint density at radius 2 is 1.89 bits per heavy atom. The van der Waals surface area contributed by atoms with Crippen LogP contribution in [0.25, 0.3) is 0 Å². The molecule has 2 atom stereocenters. The fraction of sp³-hybridized carbons (Fsp3) is 0.857. The summed E-state index contributed by atoms with van der Waals surface area (Å²) in [6.45, 7) is 8.45. The van der Waals surface area contributed by atoms with E-state index < -0.39 is 12.0 Å². The van der Waals surface area contributed by atoms with Crippen molar-refractivity contribution in [3.8, 4) is 0 Å². The van der Waals surface area contributed by atoms with E-state index in [1.54, 1.807) is 11.8 Å². The summed E-state index contributed by atoms with van der Waals surface area (Å²) >= 11 is 1.58. The summed E-state index contributed by atoms with van der Waals surface area (Å²) in [4.78, 5) is 22.9. The lowest BCUT2D eigenvalue weighted by molar-refractivity contribution is -0.142. The smallest absolute Gasteiger partial charge is 0.326 e. The maximum atomic E-state index is 11.8. The van der Waals surface area contributed by atoms with Crippen molar-refractivity contribution in [1.82, 2.24) is 5.32 Å². The van der Waals surface area contributed by atoms with Crippen LogP contribution < -0.4 is 5.32 Å². The summed E-state index contributed by atoms with van der Waals surface area (Å²) < 4.78 is 0. The van der Waals surface area contributed by atoms with Crippen molar-refractivity contribution in [2.75, 3.05) is 12.0 Å². The molecule has 0 aliphatic heterocycles. The van der Waals surface area contributed by atoms with Gasteiger partial charge < -0.3 is 10.4 Å². The van der Waals surface area contributed by atoms with E-state index >= 15 is 0 Å². The van der Waals surface area contributed by atoms with E-state index in [2.05, 4.69) is 26.1 Å². The summed E-state index contributed by atoms with van der Waals surface area (Å²) in [6, 6.07) is -0.762. The van der Waals surface area contributed by atoms with Gasteiger partial charge in [-0.3, -0.25) is 4.79 Å². The Balaban J connectivity index is 4.22. The highest BCUT2D eigenvalue weighted by Crippen LogP contribution is 2.25. The van der Waals surface area contributed by atoms with Crippen molar-refractivity contribution in [3.63, 3.8) is 0 Å². The predicted octanol–water partition coefficient (Wildman–Crippen LogP) is 2.77. The number of amides is 1. The number of hydrogen-bond acceptors (Lipinski definition) is 3. The fourth-order valence-electron chi connectivity index (χ4n) is 2.18. The zero-order valence-corrected chi connectivity index (χ0v) is 13.5. The SMILES string of the molecule is CSCC[C@H](NC(=O)CC(C)CC(C)(C)C)C(=O)O. The number of rotatable bonds is 8. The van der Waals surface area contributed by atoms with Gasteiger partial charge in [-0.25, -0.2) is 4.79 Å². The Morgan fingerprint density at radius 3 is 2.32 bits per heavy atom. The lowest BCUT2D eigenvalue weighted by Gasteiger charge is -2.23. The van der Waals surface area contributed by atoms with E-state index in [9.17, 15) is 9.59 Å². The quantitative estimate of drug-likeness (QED) is 0.721. The summed E-state index contributed by atoms with van der Waals surface area (Å²) in [7, 11) is 0. The highest BCUT2D eigenvalue weighted by Gasteiger charge is 2.22. The van der Waals surface area contributed by atoms with Crippen molar-refractivity contribution < 1.29 is 14.7 Å². The standard InChI is InChI=1S/C14H27NO3S/c1-10(9-14(2,3)4)8-12(16)15-11(13(17)18)6-7-19-5/h10-11H,6-9H2,1-5H3,(H,15,16)(H,17,18)/t10?,11-/m0/s1. The van der Waals surface area contributed by atoms with E-state index in [1.807, 2.05) is 13.2 Å². The third kappa shape index (κ3) is 9.82. The van der Waals surface area contributed by atoms with Gasteiger partial charge in [0.25, 0.3) is 0 Å². The van der Waals surface area contributed by atoms with Gasteiger partial charge in [0, 0.05) is 6.42 Å². The predicted molar refractivity (Wildman–Crippen MR) is 80.4 cm³/mol. The summed E-state index contributed by atoms with van der Waals surface area (Å²) in [6.07, 6.45) is 3.73. The van der Waals surface area contributed by atoms with E-state index in [1.165, 1.54) is 0 Å². The van der Waals surface area contributed by atoms with Gasteiger partial charge >= 0.3 is 5.97 Å². The molecule has 4 nitrogen and oxygen atoms in total. The van der Waals surface area contributed by atoms with Crippen LogP contribution in [0.1, 0.15) is 47.0 Å². The minimum atomic E-state index is -0.953. The highest BCUT2D eigenvalue weighted by molar-refractivity contribution is 7.98. The van der Waals surface area contributed by atoms with Crippen LogP contribution >= 0.6 is 11.8 Å². The summed E-state index contributed by atoms with van der Waals surface area (Å²) in [5.74, 6) is -0.124. The molecule has 0 aromatic carbocycles. The Bertz CT molecular complexity index is 300. The van der Waals surface area contributed by atoms with Crippen molar-refractivity contribution in [2.45, 2.75) is 53.0 Å². The third-order valence-electron chi connectivity index (χ3n) is 2.74. The maximum Gasteiger partial charge on any atom is 0.326 e. The Kier molecular flexibility index (Phi) is 8.14. The van der Waals surface area contributed by atoms with Gasteiger partial charge in [-0.2, -0.15) is 11.8 Å². The topological polar surface area (TPSA) is 66.4 Å². The molecule has 0 aromatic heterocycles. The first-order valence-corrected chi connectivity index (χ1v) is 8.06. The number of nitrogens with one attached hydrogen (secondary N) is 1. The van der Waals surface area contributed by atoms with Crippen LogP contribution in [-0.4, -0.2) is 35.0 Å².